The summed E-state index contributed by atoms with van der Waals surface area (Å²) in [7, 11) is 3.29. The normalized spacial score (nSPS) is 22.5. The van der Waals surface area contributed by atoms with Crippen LogP contribution in [0, 0.1) is 5.92 Å². The second kappa shape index (κ2) is 17.3. The highest BCUT2D eigenvalue weighted by molar-refractivity contribution is 5.90. The zero-order valence-electron chi connectivity index (χ0n) is 32.3. The quantitative estimate of drug-likeness (QED) is 0.170. The third kappa shape index (κ3) is 8.81. The van der Waals surface area contributed by atoms with Crippen molar-refractivity contribution in [2.45, 2.75) is 76.6 Å². The number of aliphatic hydroxyl groups is 1. The fourth-order valence-corrected chi connectivity index (χ4v) is 8.20. The average molecular weight is 788 g/mol. The highest BCUT2D eigenvalue weighted by atomic mass is 19.4. The number of likely N-dealkylation sites (tertiary alicyclic amines) is 1. The average Bonchev–Trinajstić information content (AvgIpc) is 3.73. The third-order valence-corrected chi connectivity index (χ3v) is 11.4. The third-order valence-electron chi connectivity index (χ3n) is 11.4. The van der Waals surface area contributed by atoms with E-state index in [0.717, 1.165) is 58.6 Å². The van der Waals surface area contributed by atoms with E-state index in [2.05, 4.69) is 29.3 Å². The summed E-state index contributed by atoms with van der Waals surface area (Å²) in [6.07, 6.45) is -4.81. The lowest BCUT2D eigenvalue weighted by atomic mass is 9.89. The monoisotopic (exact) mass is 787 g/mol. The molecule has 2 fully saturated rings. The summed E-state index contributed by atoms with van der Waals surface area (Å²) in [6, 6.07) is 26.1. The number of nitrogens with one attached hydrogen (secondary N) is 1. The Morgan fingerprint density at radius 2 is 1.58 bits per heavy atom. The van der Waals surface area contributed by atoms with E-state index in [0.29, 0.717) is 23.6 Å². The highest BCUT2D eigenvalue weighted by Crippen LogP contribution is 2.43. The van der Waals surface area contributed by atoms with Crippen LogP contribution in [0.3, 0.4) is 0 Å². The smallest absolute Gasteiger partial charge is 0.471 e. The van der Waals surface area contributed by atoms with Crippen LogP contribution >= 0.6 is 0 Å². The van der Waals surface area contributed by atoms with Gasteiger partial charge in [-0.3, -0.25) is 14.5 Å². The van der Waals surface area contributed by atoms with E-state index >= 15 is 0 Å². The largest absolute Gasteiger partial charge is 0.493 e. The number of amides is 2. The zero-order valence-corrected chi connectivity index (χ0v) is 32.3. The molecule has 3 aliphatic heterocycles. The van der Waals surface area contributed by atoms with Crippen LogP contribution < -0.4 is 14.8 Å². The molecule has 0 saturated carbocycles. The molecule has 0 spiro atoms. The van der Waals surface area contributed by atoms with Crippen LogP contribution in [0.2, 0.25) is 0 Å². The second-order valence-corrected chi connectivity index (χ2v) is 14.9. The first-order valence-electron chi connectivity index (χ1n) is 19.3. The van der Waals surface area contributed by atoms with Gasteiger partial charge in [0, 0.05) is 44.2 Å². The molecule has 3 heterocycles. The fraction of sp³-hybridized carbons (Fsp3) is 0.409. The molecule has 2 N–H and O–H groups in total. The van der Waals surface area contributed by atoms with Gasteiger partial charge in [-0.2, -0.15) is 13.2 Å². The Labute approximate surface area is 330 Å². The number of aliphatic hydroxyl groups excluding tert-OH is 1. The van der Waals surface area contributed by atoms with Crippen molar-refractivity contribution in [1.29, 1.82) is 0 Å². The maximum Gasteiger partial charge on any atom is 0.471 e. The molecule has 0 radical (unpaired) electrons. The molecule has 2 amide bonds. The van der Waals surface area contributed by atoms with Gasteiger partial charge in [0.2, 0.25) is 5.91 Å². The molecule has 0 aliphatic carbocycles. The molecule has 4 aromatic rings. The molecular weight excluding hydrogens is 739 g/mol. The topological polar surface area (TPSA) is 110 Å². The van der Waals surface area contributed by atoms with Gasteiger partial charge in [0.15, 0.2) is 17.8 Å². The van der Waals surface area contributed by atoms with Gasteiger partial charge in [-0.05, 0) is 70.3 Å². The number of ether oxygens (including phenoxy) is 4. The van der Waals surface area contributed by atoms with Gasteiger partial charge in [-0.15, -0.1) is 0 Å². The van der Waals surface area contributed by atoms with Crippen molar-refractivity contribution < 1.29 is 46.8 Å². The van der Waals surface area contributed by atoms with E-state index in [1.165, 1.54) is 11.1 Å². The van der Waals surface area contributed by atoms with Crippen molar-refractivity contribution in [3.05, 3.63) is 118 Å². The van der Waals surface area contributed by atoms with Gasteiger partial charge in [0.1, 0.15) is 6.04 Å². The molecule has 4 aromatic carbocycles. The van der Waals surface area contributed by atoms with Crippen molar-refractivity contribution >= 4 is 11.8 Å². The molecule has 3 aliphatic rings. The van der Waals surface area contributed by atoms with E-state index in [1.54, 1.807) is 14.2 Å². The van der Waals surface area contributed by atoms with E-state index in [1.807, 2.05) is 72.8 Å². The van der Waals surface area contributed by atoms with E-state index in [-0.39, 0.29) is 44.2 Å². The van der Waals surface area contributed by atoms with Crippen molar-refractivity contribution in [3.63, 3.8) is 0 Å². The minimum absolute atomic E-state index is 0.00252. The van der Waals surface area contributed by atoms with Gasteiger partial charge in [0.25, 0.3) is 0 Å². The molecule has 0 unspecified atom stereocenters. The van der Waals surface area contributed by atoms with E-state index in [4.69, 9.17) is 18.9 Å². The predicted octanol–water partition coefficient (Wildman–Crippen LogP) is 6.88. The van der Waals surface area contributed by atoms with Crippen LogP contribution in [0.1, 0.15) is 65.5 Å². The number of hydrogen-bond donors (Lipinski definition) is 2. The van der Waals surface area contributed by atoms with Crippen molar-refractivity contribution in [1.82, 2.24) is 15.1 Å². The molecule has 5 atom stereocenters. The number of carbonyl (C=O) groups excluding carboxylic acids is 2. The molecule has 7 rings (SSSR count). The number of fused-ring (bicyclic) bond motifs is 1. The lowest BCUT2D eigenvalue weighted by Crippen LogP contribution is -2.50. The molecule has 13 heteroatoms. The molecule has 2 saturated heterocycles. The standard InChI is InChI=1S/C44H48F3N3O7/c1-27-39(25-49-20-18-32-21-37(54-2)38(55-3)22-34(32)24-49)56-42(57-40(27)30-12-10-28(26-51)11-13-30)31-16-14-29(15-17-31)35-8-5-4-7-33(35)23-48-41(52)36-9-6-19-50(36)43(53)44(45,46)47/h4-5,7-8,10-17,21-22,27,36,39-40,42,51H,6,9,18-20,23-26H2,1-3H3,(H,48,52)/t27-,36-,39+,40+,42+/m0/s1. The van der Waals surface area contributed by atoms with Crippen LogP contribution in [0.4, 0.5) is 13.2 Å². The number of hydrogen-bond acceptors (Lipinski definition) is 8. The lowest BCUT2D eigenvalue weighted by Gasteiger charge is -2.43. The van der Waals surface area contributed by atoms with E-state index < -0.39 is 30.3 Å². The Bertz CT molecular complexity index is 2040. The van der Waals surface area contributed by atoms with Crippen LogP contribution in [-0.4, -0.2) is 78.9 Å². The summed E-state index contributed by atoms with van der Waals surface area (Å²) in [5.74, 6) is -1.17. The Hall–Kier alpha value is -4.95. The Morgan fingerprint density at radius 1 is 0.895 bits per heavy atom. The highest BCUT2D eigenvalue weighted by Gasteiger charge is 2.47. The number of rotatable bonds is 11. The predicted molar refractivity (Wildman–Crippen MR) is 206 cm³/mol. The molecule has 10 nitrogen and oxygen atoms in total. The van der Waals surface area contributed by atoms with Crippen LogP contribution in [0.5, 0.6) is 11.5 Å². The Balaban J connectivity index is 1.08. The molecule has 57 heavy (non-hydrogen) atoms. The molecular formula is C44H48F3N3O7. The van der Waals surface area contributed by atoms with Crippen molar-refractivity contribution in [2.24, 2.45) is 5.92 Å². The first-order chi connectivity index (χ1) is 27.5. The molecule has 302 valence electrons. The van der Waals surface area contributed by atoms with Crippen LogP contribution in [0.25, 0.3) is 11.1 Å². The molecule has 0 bridgehead atoms. The van der Waals surface area contributed by atoms with Crippen LogP contribution in [0.15, 0.2) is 84.9 Å². The summed E-state index contributed by atoms with van der Waals surface area (Å²) in [4.78, 5) is 28.0. The number of benzene rings is 4. The first kappa shape index (κ1) is 40.3. The van der Waals surface area contributed by atoms with Crippen LogP contribution in [-0.2, 0) is 45.2 Å². The summed E-state index contributed by atoms with van der Waals surface area (Å²) >= 11 is 0. The van der Waals surface area contributed by atoms with Crippen molar-refractivity contribution in [2.75, 3.05) is 33.9 Å². The van der Waals surface area contributed by atoms with Gasteiger partial charge in [-0.25, -0.2) is 0 Å². The van der Waals surface area contributed by atoms with Gasteiger partial charge < -0.3 is 34.3 Å². The SMILES string of the molecule is COc1cc2c(cc1OC)CN(C[C@H]1O[C@@H](c3ccc(-c4ccccc4CNC(=O)[C@@H]4CCCN4C(=O)C(F)(F)F)cc3)O[C@@H](c3ccc(CO)cc3)[C@H]1C)CC2. The lowest BCUT2D eigenvalue weighted by molar-refractivity contribution is -0.276. The number of nitrogens with zero attached hydrogens (tertiary/aromatic N) is 2. The zero-order chi connectivity index (χ0) is 40.3. The number of alkyl halides is 3. The first-order valence-corrected chi connectivity index (χ1v) is 19.3. The molecule has 0 aromatic heterocycles. The Kier molecular flexibility index (Phi) is 12.2. The van der Waals surface area contributed by atoms with E-state index in [9.17, 15) is 27.9 Å². The summed E-state index contributed by atoms with van der Waals surface area (Å²) in [6.45, 7) is 4.34. The number of methoxy groups -OCH3 is 2. The Morgan fingerprint density at radius 3 is 2.26 bits per heavy atom. The van der Waals surface area contributed by atoms with Gasteiger partial charge in [0.05, 0.1) is 33.0 Å². The minimum Gasteiger partial charge on any atom is -0.493 e. The fourth-order valence-electron chi connectivity index (χ4n) is 8.20. The number of halogens is 3. The minimum atomic E-state index is -5.04. The maximum atomic E-state index is 13.2. The van der Waals surface area contributed by atoms with Gasteiger partial charge in [-0.1, -0.05) is 79.7 Å². The summed E-state index contributed by atoms with van der Waals surface area (Å²) in [5.41, 5.74) is 7.56. The maximum absolute atomic E-state index is 13.2. The summed E-state index contributed by atoms with van der Waals surface area (Å²) in [5, 5.41) is 12.4. The summed E-state index contributed by atoms with van der Waals surface area (Å²) < 4.78 is 64.1. The number of carbonyl (C=O) groups is 2. The van der Waals surface area contributed by atoms with Gasteiger partial charge >= 0.3 is 12.1 Å². The second-order valence-electron chi connectivity index (χ2n) is 14.9. The van der Waals surface area contributed by atoms with Crippen molar-refractivity contribution in [3.8, 4) is 22.6 Å².